The standard InChI is InChI=1S/C21H24Cl2N2O3/c1-14(2)12-21(27)25-17-8-6-16(7-9-17)24-20(26)4-3-11-28-19-10-5-15(22)13-18(19)23/h5-10,13-14H,3-4,11-12H2,1-2H3,(H,24,26)(H,25,27). The zero-order valence-corrected chi connectivity index (χ0v) is 17.4. The van der Waals surface area contributed by atoms with Gasteiger partial charge in [-0.05, 0) is 54.8 Å². The Hall–Kier alpha value is -2.24. The van der Waals surface area contributed by atoms with E-state index in [-0.39, 0.29) is 11.8 Å². The first-order valence-corrected chi connectivity index (χ1v) is 9.86. The summed E-state index contributed by atoms with van der Waals surface area (Å²) in [6.07, 6.45) is 1.34. The number of anilines is 2. The zero-order valence-electron chi connectivity index (χ0n) is 15.9. The lowest BCUT2D eigenvalue weighted by Gasteiger charge is -2.10. The van der Waals surface area contributed by atoms with Crippen LogP contribution in [0.1, 0.15) is 33.1 Å². The number of benzene rings is 2. The van der Waals surface area contributed by atoms with Crippen LogP contribution in [0.25, 0.3) is 0 Å². The molecule has 5 nitrogen and oxygen atoms in total. The topological polar surface area (TPSA) is 67.4 Å². The van der Waals surface area contributed by atoms with Crippen molar-refractivity contribution in [3.8, 4) is 5.75 Å². The Morgan fingerprint density at radius 2 is 1.57 bits per heavy atom. The van der Waals surface area contributed by atoms with Gasteiger partial charge in [-0.3, -0.25) is 9.59 Å². The lowest BCUT2D eigenvalue weighted by Crippen LogP contribution is -2.14. The van der Waals surface area contributed by atoms with Gasteiger partial charge in [0.05, 0.1) is 11.6 Å². The first kappa shape index (κ1) is 22.1. The van der Waals surface area contributed by atoms with Gasteiger partial charge < -0.3 is 15.4 Å². The van der Waals surface area contributed by atoms with Gasteiger partial charge in [-0.1, -0.05) is 37.0 Å². The molecule has 7 heteroatoms. The lowest BCUT2D eigenvalue weighted by molar-refractivity contribution is -0.117. The summed E-state index contributed by atoms with van der Waals surface area (Å²) in [5.41, 5.74) is 1.38. The van der Waals surface area contributed by atoms with Crippen molar-refractivity contribution < 1.29 is 14.3 Å². The molecule has 0 radical (unpaired) electrons. The monoisotopic (exact) mass is 422 g/mol. The highest BCUT2D eigenvalue weighted by molar-refractivity contribution is 6.35. The van der Waals surface area contributed by atoms with E-state index < -0.39 is 0 Å². The summed E-state index contributed by atoms with van der Waals surface area (Å²) in [5.74, 6) is 0.717. The fourth-order valence-electron chi connectivity index (χ4n) is 2.45. The van der Waals surface area contributed by atoms with E-state index >= 15 is 0 Å². The van der Waals surface area contributed by atoms with Gasteiger partial charge in [0.1, 0.15) is 5.75 Å². The maximum atomic E-state index is 12.0. The molecule has 0 atom stereocenters. The van der Waals surface area contributed by atoms with E-state index in [1.807, 2.05) is 13.8 Å². The maximum Gasteiger partial charge on any atom is 0.224 e. The number of hydrogen-bond donors (Lipinski definition) is 2. The van der Waals surface area contributed by atoms with Gasteiger partial charge in [0.25, 0.3) is 0 Å². The highest BCUT2D eigenvalue weighted by atomic mass is 35.5. The Bertz CT molecular complexity index is 808. The Labute approximate surface area is 175 Å². The highest BCUT2D eigenvalue weighted by Crippen LogP contribution is 2.27. The van der Waals surface area contributed by atoms with Gasteiger partial charge >= 0.3 is 0 Å². The van der Waals surface area contributed by atoms with Crippen LogP contribution in [-0.2, 0) is 9.59 Å². The van der Waals surface area contributed by atoms with E-state index in [9.17, 15) is 9.59 Å². The first-order valence-electron chi connectivity index (χ1n) is 9.11. The minimum absolute atomic E-state index is 0.0208. The summed E-state index contributed by atoms with van der Waals surface area (Å²) >= 11 is 11.9. The van der Waals surface area contributed by atoms with Crippen molar-refractivity contribution in [1.82, 2.24) is 0 Å². The Balaban J connectivity index is 1.71. The normalized spacial score (nSPS) is 10.6. The number of amides is 2. The van der Waals surface area contributed by atoms with Crippen LogP contribution in [-0.4, -0.2) is 18.4 Å². The summed E-state index contributed by atoms with van der Waals surface area (Å²) in [6.45, 7) is 4.36. The third-order valence-corrected chi connectivity index (χ3v) is 4.28. The Kier molecular flexibility index (Phi) is 8.61. The van der Waals surface area contributed by atoms with Crippen LogP contribution in [0.5, 0.6) is 5.75 Å². The molecule has 0 aliphatic carbocycles. The van der Waals surface area contributed by atoms with Gasteiger partial charge in [-0.15, -0.1) is 0 Å². The molecule has 0 fully saturated rings. The molecule has 2 amide bonds. The van der Waals surface area contributed by atoms with Crippen molar-refractivity contribution in [3.05, 3.63) is 52.5 Å². The fourth-order valence-corrected chi connectivity index (χ4v) is 2.91. The Morgan fingerprint density at radius 3 is 2.14 bits per heavy atom. The second-order valence-electron chi connectivity index (χ2n) is 6.80. The second kappa shape index (κ2) is 10.9. The zero-order chi connectivity index (χ0) is 20.5. The SMILES string of the molecule is CC(C)CC(=O)Nc1ccc(NC(=O)CCCOc2ccc(Cl)cc2Cl)cc1. The van der Waals surface area contributed by atoms with E-state index in [4.69, 9.17) is 27.9 Å². The van der Waals surface area contributed by atoms with Crippen LogP contribution in [0.3, 0.4) is 0 Å². The van der Waals surface area contributed by atoms with Gasteiger partial charge in [-0.25, -0.2) is 0 Å². The number of carbonyl (C=O) groups is 2. The van der Waals surface area contributed by atoms with E-state index in [2.05, 4.69) is 10.6 Å². The van der Waals surface area contributed by atoms with Crippen LogP contribution in [0.15, 0.2) is 42.5 Å². The summed E-state index contributed by atoms with van der Waals surface area (Å²) in [4.78, 5) is 23.8. The largest absolute Gasteiger partial charge is 0.492 e. The van der Waals surface area contributed by atoms with E-state index in [0.717, 1.165) is 0 Å². The summed E-state index contributed by atoms with van der Waals surface area (Å²) in [5, 5.41) is 6.64. The summed E-state index contributed by atoms with van der Waals surface area (Å²) in [7, 11) is 0. The van der Waals surface area contributed by atoms with Gasteiger partial charge in [0, 0.05) is 29.2 Å². The smallest absolute Gasteiger partial charge is 0.224 e. The molecule has 150 valence electrons. The maximum absolute atomic E-state index is 12.0. The van der Waals surface area contributed by atoms with Crippen LogP contribution in [0.4, 0.5) is 11.4 Å². The number of halogens is 2. The molecule has 0 bridgehead atoms. The molecule has 0 spiro atoms. The van der Waals surface area contributed by atoms with Crippen LogP contribution >= 0.6 is 23.2 Å². The van der Waals surface area contributed by atoms with Gasteiger partial charge in [0.2, 0.25) is 11.8 Å². The second-order valence-corrected chi connectivity index (χ2v) is 7.64. The van der Waals surface area contributed by atoms with Crippen molar-refractivity contribution in [2.45, 2.75) is 33.1 Å². The molecule has 0 aliphatic heterocycles. The fraction of sp³-hybridized carbons (Fsp3) is 0.333. The van der Waals surface area contributed by atoms with Crippen LogP contribution in [0, 0.1) is 5.92 Å². The molecule has 2 aromatic carbocycles. The summed E-state index contributed by atoms with van der Waals surface area (Å²) < 4.78 is 5.56. The van der Waals surface area contributed by atoms with Crippen LogP contribution < -0.4 is 15.4 Å². The van der Waals surface area contributed by atoms with Crippen molar-refractivity contribution in [3.63, 3.8) is 0 Å². The van der Waals surface area contributed by atoms with Crippen LogP contribution in [0.2, 0.25) is 10.0 Å². The lowest BCUT2D eigenvalue weighted by atomic mass is 10.1. The molecule has 2 N–H and O–H groups in total. The predicted octanol–water partition coefficient (Wildman–Crippen LogP) is 5.78. The molecule has 0 heterocycles. The van der Waals surface area contributed by atoms with Crippen molar-refractivity contribution in [1.29, 1.82) is 0 Å². The first-order chi connectivity index (χ1) is 13.3. The molecular weight excluding hydrogens is 399 g/mol. The third-order valence-electron chi connectivity index (χ3n) is 3.75. The minimum Gasteiger partial charge on any atom is -0.492 e. The number of rotatable bonds is 9. The number of ether oxygens (including phenoxy) is 1. The molecule has 0 saturated carbocycles. The summed E-state index contributed by atoms with van der Waals surface area (Å²) in [6, 6.07) is 12.1. The number of nitrogens with one attached hydrogen (secondary N) is 2. The van der Waals surface area contributed by atoms with Crippen molar-refractivity contribution in [2.24, 2.45) is 5.92 Å². The van der Waals surface area contributed by atoms with E-state index in [0.29, 0.717) is 59.0 Å². The van der Waals surface area contributed by atoms with Gasteiger partial charge in [-0.2, -0.15) is 0 Å². The minimum atomic E-state index is -0.109. The molecule has 2 rings (SSSR count). The highest BCUT2D eigenvalue weighted by Gasteiger charge is 2.07. The molecule has 0 saturated heterocycles. The molecule has 0 aromatic heterocycles. The predicted molar refractivity (Wildman–Crippen MR) is 114 cm³/mol. The van der Waals surface area contributed by atoms with E-state index in [1.165, 1.54) is 0 Å². The molecule has 28 heavy (non-hydrogen) atoms. The average molecular weight is 423 g/mol. The third kappa shape index (κ3) is 7.79. The average Bonchev–Trinajstić information content (AvgIpc) is 2.61. The number of carbonyl (C=O) groups excluding carboxylic acids is 2. The van der Waals surface area contributed by atoms with E-state index in [1.54, 1.807) is 42.5 Å². The molecular formula is C21H24Cl2N2O3. The number of hydrogen-bond acceptors (Lipinski definition) is 3. The molecule has 2 aromatic rings. The van der Waals surface area contributed by atoms with Crippen molar-refractivity contribution in [2.75, 3.05) is 17.2 Å². The molecule has 0 unspecified atom stereocenters. The van der Waals surface area contributed by atoms with Crippen molar-refractivity contribution >= 4 is 46.4 Å². The van der Waals surface area contributed by atoms with Gasteiger partial charge in [0.15, 0.2) is 0 Å². The molecule has 0 aliphatic rings. The Morgan fingerprint density at radius 1 is 0.964 bits per heavy atom. The quantitative estimate of drug-likeness (QED) is 0.503.